The fraction of sp³-hybridized carbons (Fsp3) is 0.900. The molecule has 1 rings (SSSR count). The van der Waals surface area contributed by atoms with E-state index in [-0.39, 0.29) is 12.5 Å². The molecule has 1 N–H and O–H groups in total. The van der Waals surface area contributed by atoms with Crippen LogP contribution in [0.25, 0.3) is 0 Å². The van der Waals surface area contributed by atoms with Crippen LogP contribution < -0.4 is 0 Å². The molecular weight excluding hydrogens is 180 g/mol. The average molecular weight is 200 g/mol. The maximum Gasteiger partial charge on any atom is 0.124 e. The molecule has 1 atom stereocenters. The van der Waals surface area contributed by atoms with Crippen LogP contribution in [0.1, 0.15) is 6.92 Å². The Hall–Kier alpha value is -0.450. The minimum atomic E-state index is 0.138. The number of β-amino-alcohol motifs (C(OH)–C–C–N with tert-alkyl or cyclic N) is 1. The lowest BCUT2D eigenvalue weighted by molar-refractivity contribution is -0.111. The summed E-state index contributed by atoms with van der Waals surface area (Å²) in [5, 5.41) is 8.77. The lowest BCUT2D eigenvalue weighted by Gasteiger charge is -2.34. The fourth-order valence-electron chi connectivity index (χ4n) is 1.79. The molecule has 1 fully saturated rings. The van der Waals surface area contributed by atoms with Crippen molar-refractivity contribution < 1.29 is 9.90 Å². The average Bonchev–Trinajstić information content (AvgIpc) is 2.21. The zero-order chi connectivity index (χ0) is 10.4. The second kappa shape index (κ2) is 6.11. The molecule has 1 heterocycles. The molecule has 1 saturated heterocycles. The molecule has 82 valence electrons. The van der Waals surface area contributed by atoms with E-state index in [1.165, 1.54) is 0 Å². The van der Waals surface area contributed by atoms with E-state index < -0.39 is 0 Å². The number of aldehydes is 1. The third-order valence-electron chi connectivity index (χ3n) is 2.66. The molecule has 0 aromatic carbocycles. The first-order valence-electron chi connectivity index (χ1n) is 5.27. The predicted octanol–water partition coefficient (Wildman–Crippen LogP) is -0.569. The molecule has 0 aromatic rings. The SMILES string of the molecule is CC(C=O)CN1CCN(CCO)CC1. The maximum atomic E-state index is 10.5. The first-order valence-corrected chi connectivity index (χ1v) is 5.27. The van der Waals surface area contributed by atoms with Crippen LogP contribution >= 0.6 is 0 Å². The highest BCUT2D eigenvalue weighted by Crippen LogP contribution is 2.03. The monoisotopic (exact) mass is 200 g/mol. The number of carbonyl (C=O) groups is 1. The van der Waals surface area contributed by atoms with Crippen molar-refractivity contribution >= 4 is 6.29 Å². The van der Waals surface area contributed by atoms with Crippen molar-refractivity contribution in [2.45, 2.75) is 6.92 Å². The second-order valence-corrected chi connectivity index (χ2v) is 3.98. The Morgan fingerprint density at radius 1 is 1.29 bits per heavy atom. The molecule has 1 aliphatic heterocycles. The molecule has 4 heteroatoms. The van der Waals surface area contributed by atoms with E-state index in [4.69, 9.17) is 5.11 Å². The van der Waals surface area contributed by atoms with Crippen molar-refractivity contribution in [2.75, 3.05) is 45.9 Å². The van der Waals surface area contributed by atoms with E-state index >= 15 is 0 Å². The molecule has 1 unspecified atom stereocenters. The van der Waals surface area contributed by atoms with Gasteiger partial charge >= 0.3 is 0 Å². The van der Waals surface area contributed by atoms with Gasteiger partial charge in [0.15, 0.2) is 0 Å². The van der Waals surface area contributed by atoms with Crippen molar-refractivity contribution in [3.63, 3.8) is 0 Å². The van der Waals surface area contributed by atoms with E-state index in [1.54, 1.807) is 0 Å². The molecule has 1 aliphatic rings. The van der Waals surface area contributed by atoms with Gasteiger partial charge in [0.05, 0.1) is 6.61 Å². The highest BCUT2D eigenvalue weighted by molar-refractivity contribution is 5.52. The molecular formula is C10H20N2O2. The summed E-state index contributed by atoms with van der Waals surface area (Å²) in [6, 6.07) is 0. The number of aliphatic hydroxyl groups is 1. The zero-order valence-corrected chi connectivity index (χ0v) is 8.85. The molecule has 0 radical (unpaired) electrons. The summed E-state index contributed by atoms with van der Waals surface area (Å²) < 4.78 is 0. The number of rotatable bonds is 5. The zero-order valence-electron chi connectivity index (χ0n) is 8.85. The van der Waals surface area contributed by atoms with E-state index in [0.717, 1.165) is 45.6 Å². The number of aliphatic hydroxyl groups excluding tert-OH is 1. The van der Waals surface area contributed by atoms with Crippen molar-refractivity contribution in [3.05, 3.63) is 0 Å². The van der Waals surface area contributed by atoms with Gasteiger partial charge in [-0.25, -0.2) is 0 Å². The summed E-state index contributed by atoms with van der Waals surface area (Å²) in [6.07, 6.45) is 1.01. The smallest absolute Gasteiger partial charge is 0.124 e. The van der Waals surface area contributed by atoms with Crippen LogP contribution in [0.3, 0.4) is 0 Å². The molecule has 0 amide bonds. The Labute approximate surface area is 85.5 Å². The van der Waals surface area contributed by atoms with Crippen LogP contribution in [-0.4, -0.2) is 67.1 Å². The van der Waals surface area contributed by atoms with Gasteiger partial charge in [0.1, 0.15) is 6.29 Å². The van der Waals surface area contributed by atoms with Crippen LogP contribution in [0.5, 0.6) is 0 Å². The normalized spacial score (nSPS) is 22.1. The summed E-state index contributed by atoms with van der Waals surface area (Å²) >= 11 is 0. The van der Waals surface area contributed by atoms with Gasteiger partial charge < -0.3 is 14.8 Å². The van der Waals surface area contributed by atoms with Crippen LogP contribution in [0.4, 0.5) is 0 Å². The van der Waals surface area contributed by atoms with Crippen molar-refractivity contribution in [1.29, 1.82) is 0 Å². The largest absolute Gasteiger partial charge is 0.395 e. The summed E-state index contributed by atoms with van der Waals surface area (Å²) in [7, 11) is 0. The number of hydrogen-bond donors (Lipinski definition) is 1. The maximum absolute atomic E-state index is 10.5. The summed E-state index contributed by atoms with van der Waals surface area (Å²) in [6.45, 7) is 7.88. The van der Waals surface area contributed by atoms with Crippen LogP contribution in [0, 0.1) is 5.92 Å². The number of nitrogens with zero attached hydrogens (tertiary/aromatic N) is 2. The summed E-state index contributed by atoms with van der Waals surface area (Å²) in [5.74, 6) is 0.138. The Balaban J connectivity index is 2.18. The van der Waals surface area contributed by atoms with Gasteiger partial charge in [-0.2, -0.15) is 0 Å². The van der Waals surface area contributed by atoms with Gasteiger partial charge in [0.25, 0.3) is 0 Å². The van der Waals surface area contributed by atoms with Gasteiger partial charge in [-0.1, -0.05) is 6.92 Å². The highest BCUT2D eigenvalue weighted by Gasteiger charge is 2.17. The molecule has 0 aliphatic carbocycles. The highest BCUT2D eigenvalue weighted by atomic mass is 16.3. The fourth-order valence-corrected chi connectivity index (χ4v) is 1.79. The third kappa shape index (κ3) is 3.74. The Morgan fingerprint density at radius 3 is 2.36 bits per heavy atom. The number of carbonyl (C=O) groups excluding carboxylic acids is 1. The van der Waals surface area contributed by atoms with Crippen molar-refractivity contribution in [1.82, 2.24) is 9.80 Å². The summed E-state index contributed by atoms with van der Waals surface area (Å²) in [5.41, 5.74) is 0. The van der Waals surface area contributed by atoms with Gasteiger partial charge in [0, 0.05) is 45.2 Å². The third-order valence-corrected chi connectivity index (χ3v) is 2.66. The summed E-state index contributed by atoms with van der Waals surface area (Å²) in [4.78, 5) is 15.0. The Kier molecular flexibility index (Phi) is 5.07. The quantitative estimate of drug-likeness (QED) is 0.604. The number of hydrogen-bond acceptors (Lipinski definition) is 4. The molecule has 4 nitrogen and oxygen atoms in total. The molecule has 0 spiro atoms. The Morgan fingerprint density at radius 2 is 1.86 bits per heavy atom. The van der Waals surface area contributed by atoms with E-state index in [2.05, 4.69) is 9.80 Å². The topological polar surface area (TPSA) is 43.8 Å². The lowest BCUT2D eigenvalue weighted by atomic mass is 10.2. The standard InChI is InChI=1S/C10H20N2O2/c1-10(9-14)8-12-4-2-11(3-5-12)6-7-13/h9-10,13H,2-8H2,1H3. The second-order valence-electron chi connectivity index (χ2n) is 3.98. The molecule has 0 saturated carbocycles. The van der Waals surface area contributed by atoms with Gasteiger partial charge in [-0.15, -0.1) is 0 Å². The molecule has 0 bridgehead atoms. The molecule has 0 aromatic heterocycles. The first kappa shape index (κ1) is 11.6. The lowest BCUT2D eigenvalue weighted by Crippen LogP contribution is -2.48. The van der Waals surface area contributed by atoms with Gasteiger partial charge in [-0.3, -0.25) is 4.90 Å². The van der Waals surface area contributed by atoms with Crippen LogP contribution in [-0.2, 0) is 4.79 Å². The van der Waals surface area contributed by atoms with Crippen LogP contribution in [0.2, 0.25) is 0 Å². The van der Waals surface area contributed by atoms with E-state index in [1.807, 2.05) is 6.92 Å². The minimum absolute atomic E-state index is 0.138. The van der Waals surface area contributed by atoms with E-state index in [9.17, 15) is 4.79 Å². The number of piperazine rings is 1. The van der Waals surface area contributed by atoms with Crippen LogP contribution in [0.15, 0.2) is 0 Å². The van der Waals surface area contributed by atoms with Crippen molar-refractivity contribution in [3.8, 4) is 0 Å². The Bertz CT molecular complexity index is 168. The minimum Gasteiger partial charge on any atom is -0.395 e. The predicted molar refractivity (Wildman–Crippen MR) is 55.2 cm³/mol. The van der Waals surface area contributed by atoms with Crippen molar-refractivity contribution in [2.24, 2.45) is 5.92 Å². The molecule has 14 heavy (non-hydrogen) atoms. The first-order chi connectivity index (χ1) is 6.76. The van der Waals surface area contributed by atoms with E-state index in [0.29, 0.717) is 0 Å². The van der Waals surface area contributed by atoms with Gasteiger partial charge in [-0.05, 0) is 0 Å². The van der Waals surface area contributed by atoms with Gasteiger partial charge in [0.2, 0.25) is 0 Å².